The second kappa shape index (κ2) is 6.26. The summed E-state index contributed by atoms with van der Waals surface area (Å²) in [6, 6.07) is 7.85. The van der Waals surface area contributed by atoms with Crippen molar-refractivity contribution in [3.63, 3.8) is 0 Å². The van der Waals surface area contributed by atoms with Gasteiger partial charge in [0.15, 0.2) is 0 Å². The number of aliphatic hydroxyl groups excluding tert-OH is 1. The Balaban J connectivity index is 1.68. The van der Waals surface area contributed by atoms with Gasteiger partial charge in [-0.3, -0.25) is 4.79 Å². The second-order valence-electron chi connectivity index (χ2n) is 5.72. The Morgan fingerprint density at radius 2 is 2.24 bits per heavy atom. The lowest BCUT2D eigenvalue weighted by Crippen LogP contribution is -2.41. The normalized spacial score (nSPS) is 19.1. The smallest absolute Gasteiger partial charge is 0.242 e. The molecule has 1 aliphatic heterocycles. The Morgan fingerprint density at radius 1 is 1.38 bits per heavy atom. The third-order valence-electron chi connectivity index (χ3n) is 4.24. The van der Waals surface area contributed by atoms with E-state index in [1.54, 1.807) is 6.33 Å². The number of amides is 1. The van der Waals surface area contributed by atoms with Crippen molar-refractivity contribution in [2.45, 2.75) is 25.8 Å². The lowest BCUT2D eigenvalue weighted by molar-refractivity contribution is -0.133. The Labute approximate surface area is 124 Å². The highest BCUT2D eigenvalue weighted by molar-refractivity contribution is 5.80. The number of carbonyl (C=O) groups excluding carboxylic acids is 1. The number of hydrogen-bond acceptors (Lipinski definition) is 3. The molecule has 5 nitrogen and oxygen atoms in total. The van der Waals surface area contributed by atoms with E-state index in [0.717, 1.165) is 43.4 Å². The van der Waals surface area contributed by atoms with Gasteiger partial charge in [0, 0.05) is 19.7 Å². The molecular weight excluding hydrogens is 266 g/mol. The van der Waals surface area contributed by atoms with E-state index < -0.39 is 0 Å². The first kappa shape index (κ1) is 14.1. The van der Waals surface area contributed by atoms with Crippen molar-refractivity contribution in [3.8, 4) is 0 Å². The number of aromatic nitrogens is 2. The Bertz CT molecular complexity index is 621. The fraction of sp³-hybridized carbons (Fsp3) is 0.500. The number of hydrogen-bond donors (Lipinski definition) is 1. The first-order chi connectivity index (χ1) is 10.3. The first-order valence-electron chi connectivity index (χ1n) is 7.56. The maximum Gasteiger partial charge on any atom is 0.242 e. The van der Waals surface area contributed by atoms with E-state index in [1.165, 1.54) is 0 Å². The molecule has 0 radical (unpaired) electrons. The summed E-state index contributed by atoms with van der Waals surface area (Å²) in [6.45, 7) is 2.14. The van der Waals surface area contributed by atoms with Gasteiger partial charge < -0.3 is 14.6 Å². The lowest BCUT2D eigenvalue weighted by atomic mass is 9.95. The minimum absolute atomic E-state index is 0.140. The van der Waals surface area contributed by atoms with Gasteiger partial charge in [0.05, 0.1) is 17.4 Å². The molecule has 2 heterocycles. The molecule has 1 unspecified atom stereocenters. The highest BCUT2D eigenvalue weighted by atomic mass is 16.3. The largest absolute Gasteiger partial charge is 0.396 e. The minimum Gasteiger partial charge on any atom is -0.396 e. The van der Waals surface area contributed by atoms with Crippen molar-refractivity contribution in [1.82, 2.24) is 14.5 Å². The molecule has 5 heteroatoms. The van der Waals surface area contributed by atoms with Gasteiger partial charge in [-0.2, -0.15) is 0 Å². The summed E-state index contributed by atoms with van der Waals surface area (Å²) in [4.78, 5) is 18.7. The van der Waals surface area contributed by atoms with Crippen LogP contribution in [0.3, 0.4) is 0 Å². The minimum atomic E-state index is 0.140. The molecule has 1 saturated heterocycles. The SMILES string of the molecule is O=C(Cn1cnc2ccccc21)N1CCCC(CCO)C1. The molecule has 1 fully saturated rings. The number of aliphatic hydroxyl groups is 1. The quantitative estimate of drug-likeness (QED) is 0.930. The molecule has 112 valence electrons. The second-order valence-corrected chi connectivity index (χ2v) is 5.72. The van der Waals surface area contributed by atoms with Crippen LogP contribution in [0.2, 0.25) is 0 Å². The summed E-state index contributed by atoms with van der Waals surface area (Å²) in [5.74, 6) is 0.577. The van der Waals surface area contributed by atoms with Crippen LogP contribution in [0, 0.1) is 5.92 Å². The van der Waals surface area contributed by atoms with E-state index in [2.05, 4.69) is 4.98 Å². The number of likely N-dealkylation sites (tertiary alicyclic amines) is 1. The zero-order valence-electron chi connectivity index (χ0n) is 12.1. The monoisotopic (exact) mass is 287 g/mol. The third-order valence-corrected chi connectivity index (χ3v) is 4.24. The Hall–Kier alpha value is -1.88. The summed E-state index contributed by atoms with van der Waals surface area (Å²) in [5.41, 5.74) is 1.91. The van der Waals surface area contributed by atoms with E-state index in [9.17, 15) is 4.79 Å². The van der Waals surface area contributed by atoms with E-state index in [0.29, 0.717) is 12.5 Å². The number of piperidine rings is 1. The highest BCUT2D eigenvalue weighted by Gasteiger charge is 2.23. The highest BCUT2D eigenvalue weighted by Crippen LogP contribution is 2.20. The molecule has 1 atom stereocenters. The summed E-state index contributed by atoms with van der Waals surface area (Å²) < 4.78 is 1.91. The van der Waals surface area contributed by atoms with Gasteiger partial charge in [-0.15, -0.1) is 0 Å². The molecule has 1 amide bonds. The van der Waals surface area contributed by atoms with Gasteiger partial charge in [0.25, 0.3) is 0 Å². The molecule has 21 heavy (non-hydrogen) atoms. The molecule has 1 aromatic carbocycles. The number of para-hydroxylation sites is 2. The van der Waals surface area contributed by atoms with Gasteiger partial charge in [0.1, 0.15) is 6.54 Å². The van der Waals surface area contributed by atoms with Gasteiger partial charge in [-0.05, 0) is 37.3 Å². The van der Waals surface area contributed by atoms with Gasteiger partial charge >= 0.3 is 0 Å². The maximum absolute atomic E-state index is 12.5. The number of carbonyl (C=O) groups is 1. The summed E-state index contributed by atoms with van der Waals surface area (Å²) in [6.07, 6.45) is 4.66. The molecule has 3 rings (SSSR count). The maximum atomic E-state index is 12.5. The predicted octanol–water partition coefficient (Wildman–Crippen LogP) is 1.66. The van der Waals surface area contributed by atoms with E-state index in [1.807, 2.05) is 33.7 Å². The van der Waals surface area contributed by atoms with E-state index >= 15 is 0 Å². The average molecular weight is 287 g/mol. The average Bonchev–Trinajstić information content (AvgIpc) is 2.91. The van der Waals surface area contributed by atoms with Crippen molar-refractivity contribution in [2.24, 2.45) is 5.92 Å². The predicted molar refractivity (Wildman–Crippen MR) is 80.7 cm³/mol. The Kier molecular flexibility index (Phi) is 4.20. The van der Waals surface area contributed by atoms with Crippen LogP contribution >= 0.6 is 0 Å². The third kappa shape index (κ3) is 3.08. The number of nitrogens with zero attached hydrogens (tertiary/aromatic N) is 3. The fourth-order valence-corrected chi connectivity index (χ4v) is 3.09. The fourth-order valence-electron chi connectivity index (χ4n) is 3.09. The van der Waals surface area contributed by atoms with Crippen molar-refractivity contribution in [2.75, 3.05) is 19.7 Å². The lowest BCUT2D eigenvalue weighted by Gasteiger charge is -2.32. The van der Waals surface area contributed by atoms with Crippen molar-refractivity contribution in [3.05, 3.63) is 30.6 Å². The van der Waals surface area contributed by atoms with E-state index in [-0.39, 0.29) is 12.5 Å². The molecule has 0 aliphatic carbocycles. The van der Waals surface area contributed by atoms with Crippen molar-refractivity contribution < 1.29 is 9.90 Å². The van der Waals surface area contributed by atoms with Crippen LogP contribution < -0.4 is 0 Å². The summed E-state index contributed by atoms with van der Waals surface area (Å²) in [5, 5.41) is 9.05. The standard InChI is InChI=1S/C16H21N3O2/c20-9-7-13-4-3-8-18(10-13)16(21)11-19-12-17-14-5-1-2-6-15(14)19/h1-2,5-6,12-13,20H,3-4,7-11H2. The van der Waals surface area contributed by atoms with Crippen LogP contribution in [0.4, 0.5) is 0 Å². The summed E-state index contributed by atoms with van der Waals surface area (Å²) >= 11 is 0. The first-order valence-corrected chi connectivity index (χ1v) is 7.56. The zero-order valence-corrected chi connectivity index (χ0v) is 12.1. The topological polar surface area (TPSA) is 58.4 Å². The van der Waals surface area contributed by atoms with Crippen LogP contribution in [0.1, 0.15) is 19.3 Å². The summed E-state index contributed by atoms with van der Waals surface area (Å²) in [7, 11) is 0. The molecule has 0 spiro atoms. The molecular formula is C16H21N3O2. The number of rotatable bonds is 4. The zero-order chi connectivity index (χ0) is 14.7. The number of imidazole rings is 1. The van der Waals surface area contributed by atoms with Crippen molar-refractivity contribution >= 4 is 16.9 Å². The van der Waals surface area contributed by atoms with Gasteiger partial charge in [-0.1, -0.05) is 12.1 Å². The van der Waals surface area contributed by atoms with Crippen LogP contribution in [0.25, 0.3) is 11.0 Å². The van der Waals surface area contributed by atoms with E-state index in [4.69, 9.17) is 5.11 Å². The number of benzene rings is 1. The molecule has 1 aromatic heterocycles. The molecule has 1 aliphatic rings. The molecule has 1 N–H and O–H groups in total. The van der Waals surface area contributed by atoms with Crippen LogP contribution in [-0.2, 0) is 11.3 Å². The van der Waals surface area contributed by atoms with Crippen LogP contribution in [0.15, 0.2) is 30.6 Å². The van der Waals surface area contributed by atoms with Crippen LogP contribution in [0.5, 0.6) is 0 Å². The van der Waals surface area contributed by atoms with Crippen molar-refractivity contribution in [1.29, 1.82) is 0 Å². The van der Waals surface area contributed by atoms with Gasteiger partial charge in [-0.25, -0.2) is 4.98 Å². The number of fused-ring (bicyclic) bond motifs is 1. The Morgan fingerprint density at radius 3 is 3.10 bits per heavy atom. The molecule has 2 aromatic rings. The molecule has 0 saturated carbocycles. The van der Waals surface area contributed by atoms with Crippen LogP contribution in [-0.4, -0.2) is 45.2 Å². The van der Waals surface area contributed by atoms with Gasteiger partial charge in [0.2, 0.25) is 5.91 Å². The molecule has 0 bridgehead atoms.